The van der Waals surface area contributed by atoms with Crippen molar-refractivity contribution in [2.75, 3.05) is 13.7 Å². The second kappa shape index (κ2) is 5.27. The zero-order valence-electron chi connectivity index (χ0n) is 6.06. The van der Waals surface area contributed by atoms with E-state index in [9.17, 15) is 0 Å². The summed E-state index contributed by atoms with van der Waals surface area (Å²) >= 11 is 5.72. The lowest BCUT2D eigenvalue weighted by Crippen LogP contribution is -1.91. The summed E-state index contributed by atoms with van der Waals surface area (Å²) in [5.41, 5.74) is 0.860. The molecule has 0 fully saturated rings. The Morgan fingerprint density at radius 1 is 1.50 bits per heavy atom. The first-order chi connectivity index (χ1) is 4.76. The second-order valence-corrected chi connectivity index (χ2v) is 2.12. The molecular formula is C8H11ClO. The zero-order chi connectivity index (χ0) is 7.98. The highest BCUT2D eigenvalue weighted by atomic mass is 35.5. The summed E-state index contributed by atoms with van der Waals surface area (Å²) in [7, 11) is 1.61. The van der Waals surface area contributed by atoms with Crippen molar-refractivity contribution in [2.24, 2.45) is 0 Å². The molecule has 0 aromatic heterocycles. The van der Waals surface area contributed by atoms with E-state index >= 15 is 0 Å². The van der Waals surface area contributed by atoms with Gasteiger partial charge in [0, 0.05) is 12.1 Å². The summed E-state index contributed by atoms with van der Waals surface area (Å²) in [4.78, 5) is 0. The Morgan fingerprint density at radius 3 is 2.40 bits per heavy atom. The van der Waals surface area contributed by atoms with Crippen molar-refractivity contribution >= 4 is 11.6 Å². The maximum Gasteiger partial charge on any atom is 0.0727 e. The number of hydrogen-bond donors (Lipinski definition) is 0. The smallest absolute Gasteiger partial charge is 0.0727 e. The van der Waals surface area contributed by atoms with Crippen LogP contribution in [0.4, 0.5) is 0 Å². The van der Waals surface area contributed by atoms with E-state index in [0.29, 0.717) is 11.6 Å². The first-order valence-electron chi connectivity index (χ1n) is 2.88. The molecule has 0 bridgehead atoms. The van der Waals surface area contributed by atoms with Crippen LogP contribution in [0.25, 0.3) is 0 Å². The quantitative estimate of drug-likeness (QED) is 0.572. The summed E-state index contributed by atoms with van der Waals surface area (Å²) in [6, 6.07) is 0. The van der Waals surface area contributed by atoms with Crippen LogP contribution in [0.1, 0.15) is 0 Å². The fourth-order valence-corrected chi connectivity index (χ4v) is 0.644. The average Bonchev–Trinajstić information content (AvgIpc) is 1.99. The van der Waals surface area contributed by atoms with E-state index in [-0.39, 0.29) is 0 Å². The van der Waals surface area contributed by atoms with Crippen molar-refractivity contribution in [3.63, 3.8) is 0 Å². The van der Waals surface area contributed by atoms with Crippen molar-refractivity contribution in [2.45, 2.75) is 0 Å². The number of halogens is 1. The van der Waals surface area contributed by atoms with Crippen LogP contribution < -0.4 is 0 Å². The van der Waals surface area contributed by atoms with Crippen LogP contribution in [-0.2, 0) is 4.74 Å². The molecule has 10 heavy (non-hydrogen) atoms. The molecule has 0 unspecified atom stereocenters. The van der Waals surface area contributed by atoms with Crippen LogP contribution in [0.5, 0.6) is 0 Å². The van der Waals surface area contributed by atoms with Gasteiger partial charge in [0.1, 0.15) is 0 Å². The Morgan fingerprint density at radius 2 is 2.10 bits per heavy atom. The van der Waals surface area contributed by atoms with Gasteiger partial charge in [-0.2, -0.15) is 0 Å². The van der Waals surface area contributed by atoms with E-state index in [1.807, 2.05) is 0 Å². The van der Waals surface area contributed by atoms with Gasteiger partial charge in [-0.1, -0.05) is 36.9 Å². The van der Waals surface area contributed by atoms with Gasteiger partial charge in [0.15, 0.2) is 0 Å². The predicted octanol–water partition coefficient (Wildman–Crippen LogP) is 2.50. The Balaban J connectivity index is 4.28. The predicted molar refractivity (Wildman–Crippen MR) is 45.1 cm³/mol. The van der Waals surface area contributed by atoms with Crippen LogP contribution in [0, 0.1) is 0 Å². The molecule has 0 spiro atoms. The molecule has 1 nitrogen and oxygen atoms in total. The Labute approximate surface area is 66.6 Å². The van der Waals surface area contributed by atoms with Gasteiger partial charge in [0.2, 0.25) is 0 Å². The molecule has 0 heterocycles. The molecule has 0 aliphatic rings. The summed E-state index contributed by atoms with van der Waals surface area (Å²) in [6.45, 7) is 7.58. The van der Waals surface area contributed by atoms with Gasteiger partial charge in [-0.15, -0.1) is 0 Å². The molecule has 0 atom stereocenters. The minimum absolute atomic E-state index is 0.481. The first-order valence-corrected chi connectivity index (χ1v) is 3.26. The summed E-state index contributed by atoms with van der Waals surface area (Å²) in [5, 5.41) is 0.594. The van der Waals surface area contributed by atoms with E-state index < -0.39 is 0 Å². The number of methoxy groups -OCH3 is 1. The van der Waals surface area contributed by atoms with Crippen LogP contribution in [0.15, 0.2) is 35.9 Å². The zero-order valence-corrected chi connectivity index (χ0v) is 6.82. The summed E-state index contributed by atoms with van der Waals surface area (Å²) in [6.07, 6.45) is 3.23. The fraction of sp³-hybridized carbons (Fsp3) is 0.250. The lowest BCUT2D eigenvalue weighted by atomic mass is 10.2. The van der Waals surface area contributed by atoms with Gasteiger partial charge in [-0.05, 0) is 5.57 Å². The highest BCUT2D eigenvalue weighted by molar-refractivity contribution is 6.31. The van der Waals surface area contributed by atoms with Crippen LogP contribution in [0.3, 0.4) is 0 Å². The van der Waals surface area contributed by atoms with Gasteiger partial charge in [0.05, 0.1) is 6.61 Å². The molecule has 0 amide bonds. The van der Waals surface area contributed by atoms with Crippen molar-refractivity contribution < 1.29 is 4.74 Å². The maximum absolute atomic E-state index is 5.72. The van der Waals surface area contributed by atoms with E-state index in [0.717, 1.165) is 5.57 Å². The Hall–Kier alpha value is -0.530. The Kier molecular flexibility index (Phi) is 4.99. The molecule has 0 rings (SSSR count). The SMILES string of the molecule is C=C/C(Cl)=C(\C=C)COC. The second-order valence-electron chi connectivity index (χ2n) is 1.71. The molecule has 0 aliphatic heterocycles. The van der Waals surface area contributed by atoms with Crippen molar-refractivity contribution in [1.29, 1.82) is 0 Å². The number of hydrogen-bond acceptors (Lipinski definition) is 1. The third kappa shape index (κ3) is 2.85. The Bertz CT molecular complexity index is 159. The van der Waals surface area contributed by atoms with Gasteiger partial charge in [0.25, 0.3) is 0 Å². The molecule has 0 saturated heterocycles. The molecule has 0 saturated carbocycles. The molecule has 56 valence electrons. The van der Waals surface area contributed by atoms with Crippen molar-refractivity contribution in [1.82, 2.24) is 0 Å². The highest BCUT2D eigenvalue weighted by Crippen LogP contribution is 2.11. The van der Waals surface area contributed by atoms with Gasteiger partial charge in [-0.25, -0.2) is 0 Å². The summed E-state index contributed by atoms with van der Waals surface area (Å²) in [5.74, 6) is 0. The number of ether oxygens (including phenoxy) is 1. The molecule has 0 aromatic rings. The van der Waals surface area contributed by atoms with Crippen LogP contribution in [0.2, 0.25) is 0 Å². The van der Waals surface area contributed by atoms with Gasteiger partial charge >= 0.3 is 0 Å². The van der Waals surface area contributed by atoms with E-state index in [2.05, 4.69) is 13.2 Å². The van der Waals surface area contributed by atoms with Crippen molar-refractivity contribution in [3.05, 3.63) is 35.9 Å². The lowest BCUT2D eigenvalue weighted by Gasteiger charge is -1.99. The number of rotatable bonds is 4. The van der Waals surface area contributed by atoms with Crippen LogP contribution in [-0.4, -0.2) is 13.7 Å². The van der Waals surface area contributed by atoms with Gasteiger partial charge < -0.3 is 4.74 Å². The molecular weight excluding hydrogens is 148 g/mol. The monoisotopic (exact) mass is 158 g/mol. The molecule has 0 aliphatic carbocycles. The normalized spacial score (nSPS) is 12.2. The summed E-state index contributed by atoms with van der Waals surface area (Å²) < 4.78 is 4.86. The van der Waals surface area contributed by atoms with Gasteiger partial charge in [-0.3, -0.25) is 0 Å². The molecule has 0 N–H and O–H groups in total. The van der Waals surface area contributed by atoms with Crippen molar-refractivity contribution in [3.8, 4) is 0 Å². The standard InChI is InChI=1S/C8H11ClO/c1-4-7(6-10-3)8(9)5-2/h4-5H,1-2,6H2,3H3/b8-7-. The largest absolute Gasteiger partial charge is 0.380 e. The topological polar surface area (TPSA) is 9.23 Å². The molecule has 0 radical (unpaired) electrons. The first kappa shape index (κ1) is 9.47. The number of allylic oxidation sites excluding steroid dienone is 2. The fourth-order valence-electron chi connectivity index (χ4n) is 0.512. The third-order valence-electron chi connectivity index (χ3n) is 1.03. The average molecular weight is 159 g/mol. The molecule has 0 aromatic carbocycles. The molecule has 2 heteroatoms. The minimum Gasteiger partial charge on any atom is -0.380 e. The third-order valence-corrected chi connectivity index (χ3v) is 1.43. The maximum atomic E-state index is 5.72. The minimum atomic E-state index is 0.481. The van der Waals surface area contributed by atoms with E-state index in [4.69, 9.17) is 16.3 Å². The lowest BCUT2D eigenvalue weighted by molar-refractivity contribution is 0.228. The van der Waals surface area contributed by atoms with Crippen LogP contribution >= 0.6 is 11.6 Å². The van der Waals surface area contributed by atoms with E-state index in [1.165, 1.54) is 0 Å². The van der Waals surface area contributed by atoms with E-state index in [1.54, 1.807) is 19.3 Å². The highest BCUT2D eigenvalue weighted by Gasteiger charge is 1.94.